The zero-order valence-corrected chi connectivity index (χ0v) is 10.6. The number of nitrogens with zero attached hydrogens (tertiary/aromatic N) is 1. The molecule has 14 heavy (non-hydrogen) atoms. The summed E-state index contributed by atoms with van der Waals surface area (Å²) in [6.45, 7) is 4.44. The second-order valence-corrected chi connectivity index (χ2v) is 6.15. The first kappa shape index (κ1) is 14.2. The lowest BCUT2D eigenvalue weighted by atomic mass is 10.3. The van der Waals surface area contributed by atoms with Gasteiger partial charge in [-0.1, -0.05) is 13.3 Å². The van der Waals surface area contributed by atoms with Gasteiger partial charge >= 0.3 is 0 Å². The van der Waals surface area contributed by atoms with E-state index >= 15 is 0 Å². The Balaban J connectivity index is 3.84. The van der Waals surface area contributed by atoms with Crippen LogP contribution in [-0.4, -0.2) is 50.8 Å². The molecule has 0 aromatic carbocycles. The van der Waals surface area contributed by atoms with Crippen LogP contribution >= 0.6 is 11.6 Å². The summed E-state index contributed by atoms with van der Waals surface area (Å²) in [5.41, 5.74) is 0. The van der Waals surface area contributed by atoms with E-state index in [4.69, 9.17) is 11.6 Å². The lowest BCUT2D eigenvalue weighted by Gasteiger charge is -2.20. The lowest BCUT2D eigenvalue weighted by Crippen LogP contribution is -2.31. The minimum atomic E-state index is -2.85. The van der Waals surface area contributed by atoms with Crippen molar-refractivity contribution in [2.24, 2.45) is 0 Å². The summed E-state index contributed by atoms with van der Waals surface area (Å²) >= 11 is 5.63. The molecule has 0 unspecified atom stereocenters. The second-order valence-electron chi connectivity index (χ2n) is 3.51. The summed E-state index contributed by atoms with van der Waals surface area (Å²) in [7, 11) is -2.85. The van der Waals surface area contributed by atoms with Crippen LogP contribution < -0.4 is 0 Å². The number of halogens is 1. The average Bonchev–Trinajstić information content (AvgIpc) is 2.08. The fourth-order valence-corrected chi connectivity index (χ4v) is 1.96. The Morgan fingerprint density at radius 1 is 1.21 bits per heavy atom. The van der Waals surface area contributed by atoms with Gasteiger partial charge < -0.3 is 4.90 Å². The van der Waals surface area contributed by atoms with Crippen molar-refractivity contribution in [2.75, 3.05) is 37.5 Å². The van der Waals surface area contributed by atoms with E-state index in [0.29, 0.717) is 12.4 Å². The molecule has 0 rings (SSSR count). The topological polar surface area (TPSA) is 37.4 Å². The van der Waals surface area contributed by atoms with E-state index in [1.165, 1.54) is 6.26 Å². The first-order valence-electron chi connectivity index (χ1n) is 4.95. The molecule has 0 aromatic rings. The third kappa shape index (κ3) is 8.78. The van der Waals surface area contributed by atoms with Crippen molar-refractivity contribution < 1.29 is 8.42 Å². The highest BCUT2D eigenvalue weighted by Crippen LogP contribution is 1.97. The van der Waals surface area contributed by atoms with Crippen molar-refractivity contribution in [1.29, 1.82) is 0 Å². The van der Waals surface area contributed by atoms with Gasteiger partial charge in [-0.05, 0) is 13.0 Å². The number of sulfone groups is 1. The van der Waals surface area contributed by atoms with Crippen molar-refractivity contribution in [2.45, 2.75) is 19.8 Å². The normalized spacial score (nSPS) is 12.3. The van der Waals surface area contributed by atoms with Gasteiger partial charge in [-0.15, -0.1) is 11.6 Å². The first-order valence-corrected chi connectivity index (χ1v) is 7.55. The Bertz CT molecular complexity index is 229. The van der Waals surface area contributed by atoms with Crippen LogP contribution in [0.4, 0.5) is 0 Å². The standard InChI is InChI=1S/C9H20ClNO2S/c1-3-4-6-11(7-5-10)8-9-14(2,12)13/h3-9H2,1-2H3. The first-order chi connectivity index (χ1) is 6.49. The molecule has 3 nitrogen and oxygen atoms in total. The molecule has 0 saturated heterocycles. The predicted molar refractivity (Wildman–Crippen MR) is 61.8 cm³/mol. The molecule has 0 aliphatic carbocycles. The lowest BCUT2D eigenvalue weighted by molar-refractivity contribution is 0.301. The third-order valence-corrected chi connectivity index (χ3v) is 3.10. The van der Waals surface area contributed by atoms with Gasteiger partial charge in [-0.3, -0.25) is 0 Å². The van der Waals surface area contributed by atoms with Crippen LogP contribution in [0, 0.1) is 0 Å². The van der Waals surface area contributed by atoms with Gasteiger partial charge in [0.1, 0.15) is 9.84 Å². The Labute approximate surface area is 92.3 Å². The highest BCUT2D eigenvalue weighted by atomic mass is 35.5. The largest absolute Gasteiger partial charge is 0.301 e. The van der Waals surface area contributed by atoms with Gasteiger partial charge in [0.05, 0.1) is 5.75 Å². The van der Waals surface area contributed by atoms with Crippen LogP contribution in [0.5, 0.6) is 0 Å². The Morgan fingerprint density at radius 3 is 2.29 bits per heavy atom. The fourth-order valence-electron chi connectivity index (χ4n) is 1.13. The Kier molecular flexibility index (Phi) is 7.59. The van der Waals surface area contributed by atoms with Crippen LogP contribution in [0.25, 0.3) is 0 Å². The molecule has 0 saturated carbocycles. The molecule has 0 heterocycles. The summed E-state index contributed by atoms with van der Waals surface area (Å²) in [4.78, 5) is 2.11. The van der Waals surface area contributed by atoms with Gasteiger partial charge in [-0.2, -0.15) is 0 Å². The summed E-state index contributed by atoms with van der Waals surface area (Å²) in [6, 6.07) is 0. The van der Waals surface area contributed by atoms with E-state index in [1.54, 1.807) is 0 Å². The van der Waals surface area contributed by atoms with Crippen molar-refractivity contribution in [3.63, 3.8) is 0 Å². The molecule has 0 fully saturated rings. The average molecular weight is 242 g/mol. The number of hydrogen-bond donors (Lipinski definition) is 0. The molecule has 0 aliphatic rings. The third-order valence-electron chi connectivity index (χ3n) is 2.01. The molecule has 0 aromatic heterocycles. The predicted octanol–water partition coefficient (Wildman–Crippen LogP) is 1.37. The van der Waals surface area contributed by atoms with Crippen LogP contribution in [0.1, 0.15) is 19.8 Å². The smallest absolute Gasteiger partial charge is 0.148 e. The summed E-state index contributed by atoms with van der Waals surface area (Å²) in [6.07, 6.45) is 3.49. The number of hydrogen-bond acceptors (Lipinski definition) is 3. The summed E-state index contributed by atoms with van der Waals surface area (Å²) in [5.74, 6) is 0.793. The van der Waals surface area contributed by atoms with Crippen molar-refractivity contribution in [3.8, 4) is 0 Å². The molecule has 86 valence electrons. The summed E-state index contributed by atoms with van der Waals surface area (Å²) < 4.78 is 21.9. The molecule has 0 N–H and O–H groups in total. The van der Waals surface area contributed by atoms with E-state index in [-0.39, 0.29) is 5.75 Å². The Hall–Kier alpha value is 0.200. The number of rotatable bonds is 8. The maximum absolute atomic E-state index is 11.0. The maximum atomic E-state index is 11.0. The summed E-state index contributed by atoms with van der Waals surface area (Å²) in [5, 5.41) is 0. The quantitative estimate of drug-likeness (QED) is 0.603. The van der Waals surface area contributed by atoms with Gasteiger partial charge in [0.15, 0.2) is 0 Å². The van der Waals surface area contributed by atoms with Crippen LogP contribution in [0.3, 0.4) is 0 Å². The van der Waals surface area contributed by atoms with E-state index in [2.05, 4.69) is 11.8 Å². The van der Waals surface area contributed by atoms with Crippen molar-refractivity contribution >= 4 is 21.4 Å². The van der Waals surface area contributed by atoms with Gasteiger partial charge in [-0.25, -0.2) is 8.42 Å². The molecule has 0 bridgehead atoms. The van der Waals surface area contributed by atoms with E-state index in [0.717, 1.165) is 25.9 Å². The number of alkyl halides is 1. The second kappa shape index (κ2) is 7.49. The molecule has 0 spiro atoms. The number of unbranched alkanes of at least 4 members (excludes halogenated alkanes) is 1. The van der Waals surface area contributed by atoms with E-state index in [1.807, 2.05) is 0 Å². The molecular formula is C9H20ClNO2S. The molecular weight excluding hydrogens is 222 g/mol. The fraction of sp³-hybridized carbons (Fsp3) is 1.00. The van der Waals surface area contributed by atoms with Crippen molar-refractivity contribution in [3.05, 3.63) is 0 Å². The van der Waals surface area contributed by atoms with Crippen LogP contribution in [-0.2, 0) is 9.84 Å². The van der Waals surface area contributed by atoms with E-state index in [9.17, 15) is 8.42 Å². The molecule has 0 atom stereocenters. The maximum Gasteiger partial charge on any atom is 0.148 e. The molecule has 0 radical (unpaired) electrons. The SMILES string of the molecule is CCCCN(CCCl)CCS(C)(=O)=O. The van der Waals surface area contributed by atoms with Crippen LogP contribution in [0.2, 0.25) is 0 Å². The zero-order chi connectivity index (χ0) is 11.0. The highest BCUT2D eigenvalue weighted by Gasteiger charge is 2.08. The molecule has 5 heteroatoms. The minimum absolute atomic E-state index is 0.230. The van der Waals surface area contributed by atoms with Crippen molar-refractivity contribution in [1.82, 2.24) is 4.90 Å². The van der Waals surface area contributed by atoms with Gasteiger partial charge in [0, 0.05) is 25.2 Å². The highest BCUT2D eigenvalue weighted by molar-refractivity contribution is 7.90. The van der Waals surface area contributed by atoms with Gasteiger partial charge in [0.25, 0.3) is 0 Å². The zero-order valence-electron chi connectivity index (χ0n) is 9.00. The molecule has 0 aliphatic heterocycles. The van der Waals surface area contributed by atoms with Crippen LogP contribution in [0.15, 0.2) is 0 Å². The Morgan fingerprint density at radius 2 is 1.86 bits per heavy atom. The minimum Gasteiger partial charge on any atom is -0.301 e. The van der Waals surface area contributed by atoms with E-state index < -0.39 is 9.84 Å². The van der Waals surface area contributed by atoms with Gasteiger partial charge in [0.2, 0.25) is 0 Å². The monoisotopic (exact) mass is 241 g/mol. The molecule has 0 amide bonds.